The van der Waals surface area contributed by atoms with Gasteiger partial charge in [0, 0.05) is 25.1 Å². The molecule has 2 aliphatic heterocycles. The SMILES string of the molecule is CC(C)OB1CCC2CN(C(=O)C(C)N)CC2(N)C(=O)O1. The second kappa shape index (κ2) is 5.94. The molecule has 0 aliphatic carbocycles. The van der Waals surface area contributed by atoms with Crippen molar-refractivity contribution in [1.29, 1.82) is 0 Å². The molecule has 2 saturated heterocycles. The van der Waals surface area contributed by atoms with E-state index in [1.807, 2.05) is 13.8 Å². The third-order valence-electron chi connectivity index (χ3n) is 4.12. The van der Waals surface area contributed by atoms with E-state index in [1.54, 1.807) is 11.8 Å². The molecule has 1 amide bonds. The van der Waals surface area contributed by atoms with Gasteiger partial charge < -0.3 is 25.7 Å². The summed E-state index contributed by atoms with van der Waals surface area (Å²) in [6, 6.07) is -0.594. The van der Waals surface area contributed by atoms with Crippen LogP contribution in [0.4, 0.5) is 0 Å². The lowest BCUT2D eigenvalue weighted by Gasteiger charge is -2.26. The van der Waals surface area contributed by atoms with Crippen LogP contribution in [0.25, 0.3) is 0 Å². The van der Waals surface area contributed by atoms with Crippen molar-refractivity contribution in [3.63, 3.8) is 0 Å². The number of hydrogen-bond acceptors (Lipinski definition) is 6. The molecular weight excluding hydrogens is 273 g/mol. The summed E-state index contributed by atoms with van der Waals surface area (Å²) in [6.45, 7) is 6.01. The van der Waals surface area contributed by atoms with E-state index >= 15 is 0 Å². The minimum atomic E-state index is -1.15. The average molecular weight is 297 g/mol. The minimum absolute atomic E-state index is 0.0226. The molecular formula is C13H24BN3O4. The maximum atomic E-state index is 12.4. The highest BCUT2D eigenvalue weighted by molar-refractivity contribution is 6.47. The lowest BCUT2D eigenvalue weighted by molar-refractivity contribution is -0.142. The summed E-state index contributed by atoms with van der Waals surface area (Å²) in [7, 11) is -0.555. The Morgan fingerprint density at radius 2 is 2.19 bits per heavy atom. The Morgan fingerprint density at radius 1 is 1.52 bits per heavy atom. The lowest BCUT2D eigenvalue weighted by atomic mass is 9.78. The van der Waals surface area contributed by atoms with Crippen LogP contribution in [-0.4, -0.2) is 54.7 Å². The molecule has 0 saturated carbocycles. The van der Waals surface area contributed by atoms with Gasteiger partial charge in [-0.2, -0.15) is 0 Å². The second-order valence-corrected chi connectivity index (χ2v) is 6.34. The van der Waals surface area contributed by atoms with E-state index in [2.05, 4.69) is 0 Å². The molecule has 2 fully saturated rings. The van der Waals surface area contributed by atoms with Crippen molar-refractivity contribution >= 4 is 19.0 Å². The third-order valence-corrected chi connectivity index (χ3v) is 4.12. The van der Waals surface area contributed by atoms with Crippen LogP contribution in [0.5, 0.6) is 0 Å². The number of rotatable bonds is 3. The maximum absolute atomic E-state index is 12.4. The van der Waals surface area contributed by atoms with E-state index < -0.39 is 24.7 Å². The number of hydrogen-bond donors (Lipinski definition) is 2. The molecule has 0 aromatic rings. The summed E-state index contributed by atoms with van der Waals surface area (Å²) >= 11 is 0. The number of carbonyl (C=O) groups is 2. The standard InChI is InChI=1S/C13H24BN3O4/c1-8(2)20-14-5-4-10-6-17(11(18)9(3)15)7-13(10,16)12(19)21-14/h8-10H,4-7,15-16H2,1-3H3. The molecule has 2 rings (SSSR count). The van der Waals surface area contributed by atoms with Crippen LogP contribution in [0.15, 0.2) is 0 Å². The maximum Gasteiger partial charge on any atom is 0.527 e. The Labute approximate surface area is 125 Å². The van der Waals surface area contributed by atoms with Crippen molar-refractivity contribution in [2.45, 2.75) is 51.2 Å². The van der Waals surface area contributed by atoms with Gasteiger partial charge >= 0.3 is 13.1 Å². The molecule has 3 unspecified atom stereocenters. The number of nitrogens with two attached hydrogens (primary N) is 2. The molecule has 3 atom stereocenters. The molecule has 118 valence electrons. The first-order chi connectivity index (χ1) is 9.74. The van der Waals surface area contributed by atoms with Crippen LogP contribution in [0.3, 0.4) is 0 Å². The summed E-state index contributed by atoms with van der Waals surface area (Å²) in [5, 5.41) is 0. The Morgan fingerprint density at radius 3 is 2.76 bits per heavy atom. The van der Waals surface area contributed by atoms with Crippen molar-refractivity contribution in [2.75, 3.05) is 13.1 Å². The van der Waals surface area contributed by atoms with Gasteiger partial charge in [-0.1, -0.05) is 0 Å². The fraction of sp³-hybridized carbons (Fsp3) is 0.846. The topological polar surface area (TPSA) is 108 Å². The molecule has 0 aromatic heterocycles. The highest BCUT2D eigenvalue weighted by atomic mass is 16.6. The van der Waals surface area contributed by atoms with Crippen molar-refractivity contribution in [3.8, 4) is 0 Å². The molecule has 7 nitrogen and oxygen atoms in total. The summed E-state index contributed by atoms with van der Waals surface area (Å²) in [6.07, 6.45) is 1.25. The normalized spacial score (nSPS) is 31.0. The molecule has 21 heavy (non-hydrogen) atoms. The van der Waals surface area contributed by atoms with Crippen LogP contribution < -0.4 is 11.5 Å². The quantitative estimate of drug-likeness (QED) is 0.670. The molecule has 0 bridgehead atoms. The molecule has 0 spiro atoms. The van der Waals surface area contributed by atoms with Gasteiger partial charge in [-0.25, -0.2) is 0 Å². The first-order valence-electron chi connectivity index (χ1n) is 7.44. The number of likely N-dealkylation sites (tertiary alicyclic amines) is 1. The molecule has 2 aliphatic rings. The monoisotopic (exact) mass is 297 g/mol. The van der Waals surface area contributed by atoms with E-state index in [0.717, 1.165) is 0 Å². The summed E-state index contributed by atoms with van der Waals surface area (Å²) in [5.41, 5.74) is 10.7. The summed E-state index contributed by atoms with van der Waals surface area (Å²) in [5.74, 6) is -0.792. The Bertz CT molecular complexity index is 432. The molecule has 4 N–H and O–H groups in total. The van der Waals surface area contributed by atoms with Gasteiger partial charge in [0.25, 0.3) is 0 Å². The predicted octanol–water partition coefficient (Wildman–Crippen LogP) is -0.650. The second-order valence-electron chi connectivity index (χ2n) is 6.34. The van der Waals surface area contributed by atoms with E-state index in [-0.39, 0.29) is 24.5 Å². The number of fused-ring (bicyclic) bond motifs is 1. The first-order valence-corrected chi connectivity index (χ1v) is 7.44. The zero-order chi connectivity index (χ0) is 15.8. The Kier molecular flexibility index (Phi) is 4.60. The summed E-state index contributed by atoms with van der Waals surface area (Å²) in [4.78, 5) is 25.9. The number of amides is 1. The van der Waals surface area contributed by atoms with E-state index in [4.69, 9.17) is 20.8 Å². The number of carbonyl (C=O) groups excluding carboxylic acids is 2. The zero-order valence-corrected chi connectivity index (χ0v) is 12.9. The van der Waals surface area contributed by atoms with Gasteiger partial charge in [0.05, 0.1) is 6.04 Å². The molecule has 0 radical (unpaired) electrons. The highest BCUT2D eigenvalue weighted by Gasteiger charge is 2.54. The van der Waals surface area contributed by atoms with Gasteiger partial charge in [0.1, 0.15) is 5.54 Å². The van der Waals surface area contributed by atoms with E-state index in [0.29, 0.717) is 19.3 Å². The van der Waals surface area contributed by atoms with Crippen molar-refractivity contribution < 1.29 is 18.9 Å². The van der Waals surface area contributed by atoms with Crippen LogP contribution in [0.1, 0.15) is 27.2 Å². The largest absolute Gasteiger partial charge is 0.527 e. The van der Waals surface area contributed by atoms with Gasteiger partial charge in [0.15, 0.2) is 0 Å². The first kappa shape index (κ1) is 16.3. The highest BCUT2D eigenvalue weighted by Crippen LogP contribution is 2.34. The van der Waals surface area contributed by atoms with E-state index in [1.165, 1.54) is 0 Å². The van der Waals surface area contributed by atoms with Crippen LogP contribution in [0.2, 0.25) is 6.32 Å². The molecule has 8 heteroatoms. The van der Waals surface area contributed by atoms with E-state index in [9.17, 15) is 9.59 Å². The summed E-state index contributed by atoms with van der Waals surface area (Å²) < 4.78 is 10.9. The average Bonchev–Trinajstić information content (AvgIpc) is 2.68. The fourth-order valence-electron chi connectivity index (χ4n) is 3.00. The van der Waals surface area contributed by atoms with Gasteiger partial charge in [0.2, 0.25) is 5.91 Å². The lowest BCUT2D eigenvalue weighted by Crippen LogP contribution is -2.56. The van der Waals surface area contributed by atoms with Crippen LogP contribution >= 0.6 is 0 Å². The van der Waals surface area contributed by atoms with Crippen molar-refractivity contribution in [1.82, 2.24) is 4.90 Å². The smallest absolute Gasteiger partial charge is 0.508 e. The van der Waals surface area contributed by atoms with Crippen molar-refractivity contribution in [3.05, 3.63) is 0 Å². The molecule has 2 heterocycles. The predicted molar refractivity (Wildman–Crippen MR) is 78.1 cm³/mol. The van der Waals surface area contributed by atoms with Crippen LogP contribution in [-0.2, 0) is 18.9 Å². The van der Waals surface area contributed by atoms with Gasteiger partial charge in [-0.05, 0) is 33.5 Å². The third kappa shape index (κ3) is 3.22. The van der Waals surface area contributed by atoms with Gasteiger partial charge in [-0.3, -0.25) is 9.59 Å². The minimum Gasteiger partial charge on any atom is -0.508 e. The molecule has 0 aromatic carbocycles. The Balaban J connectivity index is 2.10. The van der Waals surface area contributed by atoms with Crippen molar-refractivity contribution in [2.24, 2.45) is 17.4 Å². The zero-order valence-electron chi connectivity index (χ0n) is 12.9. The fourth-order valence-corrected chi connectivity index (χ4v) is 3.00. The number of nitrogens with zero attached hydrogens (tertiary/aromatic N) is 1. The Hall–Kier alpha value is -1.12. The van der Waals surface area contributed by atoms with Gasteiger partial charge in [-0.15, -0.1) is 0 Å². The van der Waals surface area contributed by atoms with Crippen LogP contribution in [0, 0.1) is 5.92 Å².